The number of nitrogens with zero attached hydrogens (tertiary/aromatic N) is 3. The van der Waals surface area contributed by atoms with Crippen molar-refractivity contribution in [2.75, 3.05) is 7.11 Å². The van der Waals surface area contributed by atoms with Crippen molar-refractivity contribution in [3.63, 3.8) is 0 Å². The molecule has 1 aliphatic carbocycles. The Balaban J connectivity index is 1.47. The van der Waals surface area contributed by atoms with Crippen LogP contribution in [0.2, 0.25) is 0 Å². The molecule has 40 heavy (non-hydrogen) atoms. The van der Waals surface area contributed by atoms with E-state index in [1.54, 1.807) is 31.5 Å². The van der Waals surface area contributed by atoms with Gasteiger partial charge in [-0.2, -0.15) is 18.3 Å². The topological polar surface area (TPSA) is 69.0 Å². The normalized spacial score (nSPS) is 13.9. The second kappa shape index (κ2) is 11.5. The predicted octanol–water partition coefficient (Wildman–Crippen LogP) is 6.09. The predicted molar refractivity (Wildman–Crippen MR) is 141 cm³/mol. The summed E-state index contributed by atoms with van der Waals surface area (Å²) in [5.74, 6) is -0.251. The summed E-state index contributed by atoms with van der Waals surface area (Å²) in [6, 6.07) is 16.4. The Hall–Kier alpha value is -4.21. The van der Waals surface area contributed by atoms with Crippen LogP contribution in [0.4, 0.5) is 17.6 Å². The Morgan fingerprint density at radius 3 is 2.58 bits per heavy atom. The molecule has 0 spiro atoms. The monoisotopic (exact) mass is 552 g/mol. The van der Waals surface area contributed by atoms with Gasteiger partial charge in [0.1, 0.15) is 18.1 Å². The lowest BCUT2D eigenvalue weighted by Crippen LogP contribution is -2.34. The van der Waals surface area contributed by atoms with E-state index in [2.05, 4.69) is 15.4 Å². The number of aromatic nitrogens is 3. The maximum absolute atomic E-state index is 14.0. The Kier molecular flexibility index (Phi) is 7.86. The smallest absolute Gasteiger partial charge is 0.435 e. The highest BCUT2D eigenvalue weighted by Gasteiger charge is 2.39. The molecule has 6 nitrogen and oxygen atoms in total. The maximum atomic E-state index is 14.0. The van der Waals surface area contributed by atoms with Gasteiger partial charge in [-0.3, -0.25) is 14.5 Å². The highest BCUT2D eigenvalue weighted by Crippen LogP contribution is 2.36. The molecule has 1 atom stereocenters. The van der Waals surface area contributed by atoms with Gasteiger partial charge >= 0.3 is 6.18 Å². The molecule has 4 aromatic rings. The molecule has 10 heteroatoms. The molecule has 2 aromatic carbocycles. The fourth-order valence-corrected chi connectivity index (χ4v) is 5.23. The number of amides is 1. The minimum Gasteiger partial charge on any atom is -0.497 e. The number of halogens is 4. The second-order valence-electron chi connectivity index (χ2n) is 9.76. The lowest BCUT2D eigenvalue weighted by Gasteiger charge is -2.22. The lowest BCUT2D eigenvalue weighted by atomic mass is 9.95. The first kappa shape index (κ1) is 27.4. The highest BCUT2D eigenvalue weighted by atomic mass is 19.4. The average molecular weight is 553 g/mol. The lowest BCUT2D eigenvalue weighted by molar-refractivity contribution is -0.142. The molecule has 1 amide bonds. The van der Waals surface area contributed by atoms with E-state index in [9.17, 15) is 22.4 Å². The molecule has 0 aliphatic heterocycles. The van der Waals surface area contributed by atoms with Crippen LogP contribution in [0.25, 0.3) is 11.1 Å². The summed E-state index contributed by atoms with van der Waals surface area (Å²) in [7, 11) is 1.57. The van der Waals surface area contributed by atoms with Crippen LogP contribution in [0.3, 0.4) is 0 Å². The molecule has 0 saturated carbocycles. The number of hydrogen-bond acceptors (Lipinski definition) is 4. The number of rotatable bonds is 8. The first-order valence-corrected chi connectivity index (χ1v) is 13.0. The molecule has 0 fully saturated rings. The largest absolute Gasteiger partial charge is 0.497 e. The molecule has 208 valence electrons. The van der Waals surface area contributed by atoms with Gasteiger partial charge in [-0.15, -0.1) is 0 Å². The van der Waals surface area contributed by atoms with Crippen molar-refractivity contribution in [3.8, 4) is 16.9 Å². The van der Waals surface area contributed by atoms with Crippen molar-refractivity contribution in [3.05, 3.63) is 101 Å². The molecule has 2 aromatic heterocycles. The van der Waals surface area contributed by atoms with Crippen LogP contribution < -0.4 is 10.1 Å². The Morgan fingerprint density at radius 2 is 1.85 bits per heavy atom. The summed E-state index contributed by atoms with van der Waals surface area (Å²) in [5, 5.41) is 6.76. The van der Waals surface area contributed by atoms with E-state index < -0.39 is 29.6 Å². The first-order valence-electron chi connectivity index (χ1n) is 13.0. The van der Waals surface area contributed by atoms with Gasteiger partial charge in [-0.05, 0) is 73.6 Å². The van der Waals surface area contributed by atoms with Crippen molar-refractivity contribution >= 4 is 5.91 Å². The Morgan fingerprint density at radius 1 is 1.07 bits per heavy atom. The van der Waals surface area contributed by atoms with Crippen molar-refractivity contribution in [1.29, 1.82) is 0 Å². The quantitative estimate of drug-likeness (QED) is 0.269. The summed E-state index contributed by atoms with van der Waals surface area (Å²) in [6.07, 6.45) is -0.671. The van der Waals surface area contributed by atoms with E-state index in [0.717, 1.165) is 17.5 Å². The van der Waals surface area contributed by atoms with Gasteiger partial charge in [0.15, 0.2) is 5.69 Å². The van der Waals surface area contributed by atoms with Crippen LogP contribution >= 0.6 is 0 Å². The van der Waals surface area contributed by atoms with Gasteiger partial charge in [0.25, 0.3) is 0 Å². The van der Waals surface area contributed by atoms with E-state index >= 15 is 0 Å². The van der Waals surface area contributed by atoms with E-state index in [0.29, 0.717) is 35.5 Å². The maximum Gasteiger partial charge on any atom is 0.435 e. The zero-order valence-electron chi connectivity index (χ0n) is 21.8. The number of carbonyl (C=O) groups is 1. The van der Waals surface area contributed by atoms with Crippen molar-refractivity contribution in [1.82, 2.24) is 20.1 Å². The SMILES string of the molecule is COc1ccc(-c2cccnc2C(Cc2cccc(F)c2)NC(=O)Cn2nc(C(F)(F)F)c3c2CCCC3)cc1. The average Bonchev–Trinajstić information content (AvgIpc) is 3.32. The third kappa shape index (κ3) is 6.00. The van der Waals surface area contributed by atoms with Crippen LogP contribution in [0.5, 0.6) is 5.75 Å². The van der Waals surface area contributed by atoms with E-state index in [4.69, 9.17) is 4.74 Å². The van der Waals surface area contributed by atoms with Crippen LogP contribution in [-0.4, -0.2) is 27.8 Å². The fourth-order valence-electron chi connectivity index (χ4n) is 5.23. The number of pyridine rings is 1. The molecule has 0 saturated heterocycles. The molecule has 5 rings (SSSR count). The molecule has 1 aliphatic rings. The number of nitrogens with one attached hydrogen (secondary N) is 1. The van der Waals surface area contributed by atoms with Crippen LogP contribution in [0.1, 0.15) is 47.1 Å². The number of hydrogen-bond donors (Lipinski definition) is 1. The Bertz CT molecular complexity index is 1500. The molecule has 1 N–H and O–H groups in total. The van der Waals surface area contributed by atoms with Crippen molar-refractivity contribution in [2.24, 2.45) is 0 Å². The van der Waals surface area contributed by atoms with Gasteiger partial charge in [0, 0.05) is 23.0 Å². The highest BCUT2D eigenvalue weighted by molar-refractivity contribution is 5.77. The number of fused-ring (bicyclic) bond motifs is 1. The second-order valence-corrected chi connectivity index (χ2v) is 9.76. The molecule has 1 unspecified atom stereocenters. The first-order chi connectivity index (χ1) is 19.2. The van der Waals surface area contributed by atoms with Gasteiger partial charge in [0.05, 0.1) is 18.8 Å². The van der Waals surface area contributed by atoms with Crippen LogP contribution in [0.15, 0.2) is 66.9 Å². The zero-order valence-corrected chi connectivity index (χ0v) is 21.8. The van der Waals surface area contributed by atoms with E-state index in [1.807, 2.05) is 30.3 Å². The summed E-state index contributed by atoms with van der Waals surface area (Å²) in [4.78, 5) is 17.9. The number of ether oxygens (including phenoxy) is 1. The summed E-state index contributed by atoms with van der Waals surface area (Å²) in [5.41, 5.74) is 2.47. The molecule has 0 radical (unpaired) electrons. The number of carbonyl (C=O) groups excluding carboxylic acids is 1. The Labute approximate surface area is 229 Å². The standard InChI is InChI=1S/C30H28F4N4O2/c1-40-22-13-11-20(12-14-22)23-9-5-15-35-28(23)25(17-19-6-4-7-21(31)16-19)36-27(39)18-38-26-10-3-2-8-24(26)29(37-38)30(32,33)34/h4-7,9,11-16,25H,2-3,8,10,17-18H2,1H3,(H,36,39). The van der Waals surface area contributed by atoms with Crippen LogP contribution in [0, 0.1) is 5.82 Å². The fraction of sp³-hybridized carbons (Fsp3) is 0.300. The van der Waals surface area contributed by atoms with Gasteiger partial charge in [-0.1, -0.05) is 30.3 Å². The van der Waals surface area contributed by atoms with Gasteiger partial charge in [0.2, 0.25) is 5.91 Å². The van der Waals surface area contributed by atoms with E-state index in [1.165, 1.54) is 16.8 Å². The number of methoxy groups -OCH3 is 1. The third-order valence-electron chi connectivity index (χ3n) is 7.05. The molecular weight excluding hydrogens is 524 g/mol. The third-order valence-corrected chi connectivity index (χ3v) is 7.05. The van der Waals surface area contributed by atoms with Crippen molar-refractivity contribution < 1.29 is 27.1 Å². The van der Waals surface area contributed by atoms with E-state index in [-0.39, 0.29) is 24.9 Å². The number of benzene rings is 2. The van der Waals surface area contributed by atoms with Gasteiger partial charge < -0.3 is 10.1 Å². The summed E-state index contributed by atoms with van der Waals surface area (Å²) in [6.45, 7) is -0.372. The minimum absolute atomic E-state index is 0.175. The molecule has 0 bridgehead atoms. The van der Waals surface area contributed by atoms with Gasteiger partial charge in [-0.25, -0.2) is 4.39 Å². The molecular formula is C30H28F4N4O2. The van der Waals surface area contributed by atoms with Crippen molar-refractivity contribution in [2.45, 2.75) is 50.9 Å². The zero-order chi connectivity index (χ0) is 28.3. The number of alkyl halides is 3. The van der Waals surface area contributed by atoms with Crippen LogP contribution in [-0.2, 0) is 36.8 Å². The molecule has 2 heterocycles. The summed E-state index contributed by atoms with van der Waals surface area (Å²) < 4.78 is 61.4. The minimum atomic E-state index is -4.59. The summed E-state index contributed by atoms with van der Waals surface area (Å²) >= 11 is 0.